The summed E-state index contributed by atoms with van der Waals surface area (Å²) in [5, 5.41) is -0.374. The molecule has 10 heteroatoms. The number of ketones is 1. The molecule has 178 valence electrons. The number of benzene rings is 2. The number of hydrogen-bond acceptors (Lipinski definition) is 6. The molecule has 2 aliphatic carbocycles. The van der Waals surface area contributed by atoms with Crippen LogP contribution in [0.1, 0.15) is 33.1 Å². The van der Waals surface area contributed by atoms with Gasteiger partial charge in [0.25, 0.3) is 11.1 Å². The molecule has 1 aromatic heterocycles. The maximum Gasteiger partial charge on any atom is 0.328 e. The Morgan fingerprint density at radius 2 is 1.47 bits per heavy atom. The number of carbonyl (C=O) groups is 1. The van der Waals surface area contributed by atoms with Crippen molar-refractivity contribution in [3.05, 3.63) is 68.7 Å². The molecule has 0 N–H and O–H groups in total. The highest BCUT2D eigenvalue weighted by Crippen LogP contribution is 2.64. The smallest absolute Gasteiger partial charge is 0.299 e. The van der Waals surface area contributed by atoms with E-state index < -0.39 is 49.5 Å². The van der Waals surface area contributed by atoms with Gasteiger partial charge in [-0.25, -0.2) is 8.78 Å². The maximum absolute atomic E-state index is 14.0. The van der Waals surface area contributed by atoms with Crippen molar-refractivity contribution < 1.29 is 26.3 Å². The van der Waals surface area contributed by atoms with Crippen LogP contribution in [0.4, 0.5) is 8.78 Å². The number of hydrogen-bond donors (Lipinski definition) is 0. The highest BCUT2D eigenvalue weighted by atomic mass is 32.2. The van der Waals surface area contributed by atoms with Crippen LogP contribution < -0.4 is 15.4 Å². The van der Waals surface area contributed by atoms with Crippen LogP contribution in [0.2, 0.25) is 0 Å². The SMILES string of the molecule is CC1(C)C2CCC1(CS(=O)(=O)On1c(=O)c3cc(F)ccc3c3ccc(F)cc3c1=O)C(=O)C2. The number of nitrogens with zero attached hydrogens (tertiary/aromatic N) is 1. The van der Waals surface area contributed by atoms with Crippen LogP contribution in [0.25, 0.3) is 21.5 Å². The average Bonchev–Trinajstić information content (AvgIpc) is 3.07. The minimum absolute atomic E-state index is 0.0222. The van der Waals surface area contributed by atoms with Gasteiger partial charge in [-0.2, -0.15) is 8.42 Å². The number of halogens is 2. The van der Waals surface area contributed by atoms with Crippen molar-refractivity contribution in [1.82, 2.24) is 4.73 Å². The average molecular weight is 489 g/mol. The van der Waals surface area contributed by atoms with Crippen LogP contribution in [-0.4, -0.2) is 24.7 Å². The Morgan fingerprint density at radius 3 is 1.91 bits per heavy atom. The van der Waals surface area contributed by atoms with Crippen molar-refractivity contribution in [3.63, 3.8) is 0 Å². The summed E-state index contributed by atoms with van der Waals surface area (Å²) in [5.41, 5.74) is -4.21. The largest absolute Gasteiger partial charge is 0.328 e. The molecule has 2 atom stereocenters. The second-order valence-corrected chi connectivity index (χ2v) is 11.3. The zero-order valence-electron chi connectivity index (χ0n) is 18.4. The minimum Gasteiger partial charge on any atom is -0.299 e. The van der Waals surface area contributed by atoms with Gasteiger partial charge in [0.2, 0.25) is 0 Å². The van der Waals surface area contributed by atoms with E-state index in [-0.39, 0.29) is 44.4 Å². The Kier molecular flexibility index (Phi) is 4.78. The predicted octanol–water partition coefficient (Wildman–Crippen LogP) is 2.95. The van der Waals surface area contributed by atoms with Crippen molar-refractivity contribution in [2.24, 2.45) is 16.7 Å². The highest BCUT2D eigenvalue weighted by molar-refractivity contribution is 7.86. The van der Waals surface area contributed by atoms with E-state index in [4.69, 9.17) is 4.28 Å². The molecule has 7 nitrogen and oxygen atoms in total. The first-order valence-electron chi connectivity index (χ1n) is 10.8. The Morgan fingerprint density at radius 1 is 0.941 bits per heavy atom. The lowest BCUT2D eigenvalue weighted by Crippen LogP contribution is -2.47. The second-order valence-electron chi connectivity index (χ2n) is 9.73. The topological polar surface area (TPSA) is 99.5 Å². The molecule has 1 heterocycles. The molecule has 3 aromatic rings. The molecular formula is C24H21F2NO6S. The summed E-state index contributed by atoms with van der Waals surface area (Å²) in [6.45, 7) is 3.68. The van der Waals surface area contributed by atoms with Crippen molar-refractivity contribution in [3.8, 4) is 0 Å². The van der Waals surface area contributed by atoms with Gasteiger partial charge >= 0.3 is 10.1 Å². The fraction of sp³-hybridized carbons (Fsp3) is 0.375. The molecule has 2 saturated carbocycles. The summed E-state index contributed by atoms with van der Waals surface area (Å²) in [7, 11) is -4.64. The summed E-state index contributed by atoms with van der Waals surface area (Å²) in [6, 6.07) is 6.36. The van der Waals surface area contributed by atoms with Crippen LogP contribution >= 0.6 is 0 Å². The molecule has 2 aliphatic rings. The second kappa shape index (κ2) is 7.18. The van der Waals surface area contributed by atoms with E-state index in [0.29, 0.717) is 12.8 Å². The first-order chi connectivity index (χ1) is 15.9. The number of aromatic nitrogens is 1. The van der Waals surface area contributed by atoms with E-state index in [1.54, 1.807) is 0 Å². The summed E-state index contributed by atoms with van der Waals surface area (Å²) in [4.78, 5) is 39.2. The zero-order valence-corrected chi connectivity index (χ0v) is 19.2. The van der Waals surface area contributed by atoms with Gasteiger partial charge in [-0.3, -0.25) is 18.7 Å². The monoisotopic (exact) mass is 489 g/mol. The van der Waals surface area contributed by atoms with Crippen LogP contribution in [0.3, 0.4) is 0 Å². The highest BCUT2D eigenvalue weighted by Gasteiger charge is 2.65. The van der Waals surface area contributed by atoms with E-state index in [2.05, 4.69) is 0 Å². The lowest BCUT2D eigenvalue weighted by Gasteiger charge is -2.35. The molecule has 0 saturated heterocycles. The standard InChI is InChI=1S/C24H21F2NO6S/c1-23(2)13-7-8-24(23,20(28)9-13)12-34(31,32)33-27-21(29)18-10-14(25)3-5-16(18)17-6-4-15(26)11-19(17)22(27)30/h3-6,10-11,13H,7-9,12H2,1-2H3. The molecule has 0 spiro atoms. The Labute approximate surface area is 193 Å². The van der Waals surface area contributed by atoms with Gasteiger partial charge in [0.15, 0.2) is 0 Å². The Balaban J connectivity index is 1.72. The molecule has 2 bridgehead atoms. The maximum atomic E-state index is 14.0. The lowest BCUT2D eigenvalue weighted by molar-refractivity contribution is -0.128. The van der Waals surface area contributed by atoms with Crippen LogP contribution in [0.15, 0.2) is 46.0 Å². The molecule has 34 heavy (non-hydrogen) atoms. The quantitative estimate of drug-likeness (QED) is 0.559. The van der Waals surface area contributed by atoms with Gasteiger partial charge in [0, 0.05) is 6.42 Å². The van der Waals surface area contributed by atoms with Gasteiger partial charge in [-0.15, -0.1) is 0 Å². The zero-order chi connectivity index (χ0) is 24.6. The summed E-state index contributed by atoms with van der Waals surface area (Å²) in [6.07, 6.45) is 1.31. The normalized spacial score (nSPS) is 23.6. The third-order valence-electron chi connectivity index (χ3n) is 7.83. The Hall–Kier alpha value is -3.14. The molecule has 5 rings (SSSR count). The van der Waals surface area contributed by atoms with Gasteiger partial charge in [0.05, 0.1) is 16.2 Å². The summed E-state index contributed by atoms with van der Waals surface area (Å²) in [5.74, 6) is -2.43. The van der Waals surface area contributed by atoms with Crippen molar-refractivity contribution >= 4 is 37.4 Å². The molecule has 0 aliphatic heterocycles. The van der Waals surface area contributed by atoms with E-state index in [1.165, 1.54) is 12.1 Å². The van der Waals surface area contributed by atoms with Crippen LogP contribution in [0.5, 0.6) is 0 Å². The van der Waals surface area contributed by atoms with E-state index in [9.17, 15) is 31.6 Å². The minimum atomic E-state index is -4.64. The van der Waals surface area contributed by atoms with Gasteiger partial charge in [-0.1, -0.05) is 30.7 Å². The molecular weight excluding hydrogens is 468 g/mol. The van der Waals surface area contributed by atoms with Crippen molar-refractivity contribution in [2.75, 3.05) is 5.75 Å². The molecule has 2 fully saturated rings. The third-order valence-corrected chi connectivity index (χ3v) is 9.06. The predicted molar refractivity (Wildman–Crippen MR) is 121 cm³/mol. The van der Waals surface area contributed by atoms with Gasteiger partial charge in [0.1, 0.15) is 23.2 Å². The number of rotatable bonds is 4. The van der Waals surface area contributed by atoms with Crippen molar-refractivity contribution in [2.45, 2.75) is 33.1 Å². The molecule has 2 aromatic carbocycles. The lowest BCUT2D eigenvalue weighted by atomic mass is 9.70. The fourth-order valence-corrected chi connectivity index (χ4v) is 7.48. The number of fused-ring (bicyclic) bond motifs is 5. The van der Waals surface area contributed by atoms with Gasteiger partial charge < -0.3 is 0 Å². The van der Waals surface area contributed by atoms with Gasteiger partial charge in [-0.05, 0) is 59.2 Å². The van der Waals surface area contributed by atoms with Crippen LogP contribution in [-0.2, 0) is 14.9 Å². The first-order valence-corrected chi connectivity index (χ1v) is 12.4. The third kappa shape index (κ3) is 3.11. The first kappa shape index (κ1) is 22.6. The number of carbonyl (C=O) groups excluding carboxylic acids is 1. The Bertz CT molecular complexity index is 1550. The summed E-state index contributed by atoms with van der Waals surface area (Å²) >= 11 is 0. The van der Waals surface area contributed by atoms with Crippen LogP contribution in [0, 0.1) is 28.4 Å². The van der Waals surface area contributed by atoms with E-state index in [1.807, 2.05) is 13.8 Å². The fourth-order valence-electron chi connectivity index (χ4n) is 5.79. The van der Waals surface area contributed by atoms with E-state index in [0.717, 1.165) is 24.3 Å². The molecule has 0 amide bonds. The molecule has 0 radical (unpaired) electrons. The van der Waals surface area contributed by atoms with Crippen molar-refractivity contribution in [1.29, 1.82) is 0 Å². The summed E-state index contributed by atoms with van der Waals surface area (Å²) < 4.78 is 59.4. The number of Topliss-reactive ketones (excluding diaryl/α,β-unsaturated/α-hetero) is 1. The molecule has 2 unspecified atom stereocenters. The van der Waals surface area contributed by atoms with E-state index >= 15 is 0 Å².